The third-order valence-corrected chi connectivity index (χ3v) is 8.24. The molecule has 0 atom stereocenters. The van der Waals surface area contributed by atoms with Gasteiger partial charge in [0.2, 0.25) is 10.0 Å². The summed E-state index contributed by atoms with van der Waals surface area (Å²) in [6, 6.07) is 20.4. The first kappa shape index (κ1) is 25.5. The Morgan fingerprint density at radius 3 is 2.39 bits per heavy atom. The van der Waals surface area contributed by atoms with Crippen molar-refractivity contribution in [3.8, 4) is 11.5 Å². The lowest BCUT2D eigenvalue weighted by Crippen LogP contribution is -2.35. The zero-order valence-corrected chi connectivity index (χ0v) is 21.5. The third-order valence-electron chi connectivity index (χ3n) is 6.33. The number of ether oxygens (including phenoxy) is 3. The molecular weight excluding hydrogens is 508 g/mol. The molecule has 0 saturated heterocycles. The lowest BCUT2D eigenvalue weighted by Gasteiger charge is -2.23. The van der Waals surface area contributed by atoms with Gasteiger partial charge in [0.25, 0.3) is 5.56 Å². The van der Waals surface area contributed by atoms with Crippen LogP contribution in [0.25, 0.3) is 10.9 Å². The lowest BCUT2D eigenvalue weighted by molar-refractivity contribution is 0.0596. The standard InChI is InChI=1S/C28H26N2O7S/c1-35-28(32)22-9-5-6-10-26(22)38(33,34)30(12-11-19-7-3-2-4-8-19)18-21-15-20-16-24-25(37-14-13-36-24)17-23(20)29-27(21)31/h2-10,15-17H,11-14,18H2,1H3,(H,29,31). The Hall–Kier alpha value is -4.15. The molecule has 9 nitrogen and oxygen atoms in total. The fourth-order valence-corrected chi connectivity index (χ4v) is 5.99. The molecule has 196 valence electrons. The van der Waals surface area contributed by atoms with Gasteiger partial charge in [-0.05, 0) is 36.2 Å². The molecule has 1 aliphatic rings. The van der Waals surface area contributed by atoms with Gasteiger partial charge in [0.1, 0.15) is 13.2 Å². The number of pyridine rings is 1. The summed E-state index contributed by atoms with van der Waals surface area (Å²) >= 11 is 0. The van der Waals surface area contributed by atoms with Gasteiger partial charge in [0, 0.05) is 30.1 Å². The van der Waals surface area contributed by atoms with Crippen LogP contribution < -0.4 is 15.0 Å². The van der Waals surface area contributed by atoms with Crippen LogP contribution in [0.5, 0.6) is 11.5 Å². The predicted octanol–water partition coefficient (Wildman–Crippen LogP) is 3.52. The second-order valence-corrected chi connectivity index (χ2v) is 10.7. The van der Waals surface area contributed by atoms with E-state index in [2.05, 4.69) is 4.98 Å². The average molecular weight is 535 g/mol. The molecule has 1 aliphatic heterocycles. The van der Waals surface area contributed by atoms with Crippen LogP contribution >= 0.6 is 0 Å². The van der Waals surface area contributed by atoms with Gasteiger partial charge in [0.15, 0.2) is 11.5 Å². The Morgan fingerprint density at radius 1 is 0.974 bits per heavy atom. The Kier molecular flexibility index (Phi) is 7.17. The molecule has 4 aromatic rings. The van der Waals surface area contributed by atoms with Gasteiger partial charge in [-0.1, -0.05) is 42.5 Å². The number of aromatic amines is 1. The summed E-state index contributed by atoms with van der Waals surface area (Å²) < 4.78 is 45.2. The Bertz CT molecular complexity index is 1650. The third kappa shape index (κ3) is 5.13. The van der Waals surface area contributed by atoms with Crippen LogP contribution in [-0.2, 0) is 27.7 Å². The van der Waals surface area contributed by atoms with Gasteiger partial charge in [0.05, 0.1) is 23.1 Å². The highest BCUT2D eigenvalue weighted by Crippen LogP contribution is 2.34. The molecule has 0 unspecified atom stereocenters. The van der Waals surface area contributed by atoms with Crippen LogP contribution in [0.3, 0.4) is 0 Å². The minimum Gasteiger partial charge on any atom is -0.486 e. The van der Waals surface area contributed by atoms with Crippen molar-refractivity contribution in [3.05, 3.63) is 99.8 Å². The number of rotatable bonds is 8. The van der Waals surface area contributed by atoms with E-state index in [0.717, 1.165) is 5.56 Å². The molecule has 0 saturated carbocycles. The maximum atomic E-state index is 13.9. The number of nitrogens with one attached hydrogen (secondary N) is 1. The largest absolute Gasteiger partial charge is 0.486 e. The SMILES string of the molecule is COC(=O)c1ccccc1S(=O)(=O)N(CCc1ccccc1)Cc1cc2cc3c(cc2[nH]c1=O)OCCO3. The molecule has 38 heavy (non-hydrogen) atoms. The molecule has 0 fully saturated rings. The normalized spacial score (nSPS) is 13.0. The molecule has 3 aromatic carbocycles. The van der Waals surface area contributed by atoms with Crippen molar-refractivity contribution in [2.75, 3.05) is 26.9 Å². The molecule has 1 aromatic heterocycles. The number of nitrogens with zero attached hydrogens (tertiary/aromatic N) is 1. The molecule has 10 heteroatoms. The highest BCUT2D eigenvalue weighted by molar-refractivity contribution is 7.89. The summed E-state index contributed by atoms with van der Waals surface area (Å²) in [5, 5.41) is 0.680. The van der Waals surface area contributed by atoms with Crippen molar-refractivity contribution in [2.45, 2.75) is 17.9 Å². The van der Waals surface area contributed by atoms with E-state index in [4.69, 9.17) is 14.2 Å². The Balaban J connectivity index is 1.55. The lowest BCUT2D eigenvalue weighted by atomic mass is 10.1. The van der Waals surface area contributed by atoms with Crippen LogP contribution in [0, 0.1) is 0 Å². The van der Waals surface area contributed by atoms with Gasteiger partial charge < -0.3 is 19.2 Å². The fourth-order valence-electron chi connectivity index (χ4n) is 4.39. The van der Waals surface area contributed by atoms with Gasteiger partial charge in [-0.2, -0.15) is 4.31 Å². The number of H-pyrrole nitrogens is 1. The molecule has 0 aliphatic carbocycles. The first-order valence-corrected chi connectivity index (χ1v) is 13.5. The van der Waals surface area contributed by atoms with E-state index in [1.165, 1.54) is 23.5 Å². The number of esters is 1. The second-order valence-electron chi connectivity index (χ2n) is 8.77. The van der Waals surface area contributed by atoms with E-state index in [1.807, 2.05) is 30.3 Å². The summed E-state index contributed by atoms with van der Waals surface area (Å²) in [7, 11) is -3.01. The number of aromatic nitrogens is 1. The van der Waals surface area contributed by atoms with Crippen molar-refractivity contribution < 1.29 is 27.4 Å². The molecule has 0 spiro atoms. The van der Waals surface area contributed by atoms with E-state index in [-0.39, 0.29) is 29.1 Å². The Labute approximate surface area is 219 Å². The fraction of sp³-hybridized carbons (Fsp3) is 0.214. The van der Waals surface area contributed by atoms with Crippen LogP contribution in [0.15, 0.2) is 82.5 Å². The summed E-state index contributed by atoms with van der Waals surface area (Å²) in [4.78, 5) is 28.1. The number of fused-ring (bicyclic) bond motifs is 2. The van der Waals surface area contributed by atoms with Gasteiger partial charge in [-0.15, -0.1) is 0 Å². The first-order valence-electron chi connectivity index (χ1n) is 12.0. The molecule has 0 amide bonds. The smallest absolute Gasteiger partial charge is 0.339 e. The minimum absolute atomic E-state index is 0.0732. The molecule has 0 radical (unpaired) electrons. The molecule has 5 rings (SSSR count). The monoisotopic (exact) mass is 534 g/mol. The van der Waals surface area contributed by atoms with E-state index >= 15 is 0 Å². The highest BCUT2D eigenvalue weighted by Gasteiger charge is 2.30. The maximum Gasteiger partial charge on any atom is 0.339 e. The number of carbonyl (C=O) groups is 1. The molecular formula is C28H26N2O7S. The highest BCUT2D eigenvalue weighted by atomic mass is 32.2. The number of hydrogen-bond donors (Lipinski definition) is 1. The first-order chi connectivity index (χ1) is 18.4. The van der Waals surface area contributed by atoms with Crippen LogP contribution in [0.2, 0.25) is 0 Å². The van der Waals surface area contributed by atoms with Crippen LogP contribution in [-0.4, -0.2) is 50.5 Å². The maximum absolute atomic E-state index is 13.9. The van der Waals surface area contributed by atoms with Crippen molar-refractivity contribution >= 4 is 26.9 Å². The minimum atomic E-state index is -4.20. The van der Waals surface area contributed by atoms with E-state index < -0.39 is 21.6 Å². The second kappa shape index (κ2) is 10.7. The average Bonchev–Trinajstić information content (AvgIpc) is 2.94. The number of sulfonamides is 1. The zero-order chi connectivity index (χ0) is 26.7. The number of methoxy groups -OCH3 is 1. The van der Waals surface area contributed by atoms with Crippen LogP contribution in [0.1, 0.15) is 21.5 Å². The number of carbonyl (C=O) groups excluding carboxylic acids is 1. The summed E-state index contributed by atoms with van der Waals surface area (Å²) in [5.74, 6) is 0.337. The van der Waals surface area contributed by atoms with Gasteiger partial charge in [-0.3, -0.25) is 4.79 Å². The summed E-state index contributed by atoms with van der Waals surface area (Å²) in [5.41, 5.74) is 1.25. The predicted molar refractivity (Wildman–Crippen MR) is 141 cm³/mol. The zero-order valence-electron chi connectivity index (χ0n) is 20.7. The van der Waals surface area contributed by atoms with Crippen LogP contribution in [0.4, 0.5) is 0 Å². The van der Waals surface area contributed by atoms with Crippen molar-refractivity contribution in [3.63, 3.8) is 0 Å². The van der Waals surface area contributed by atoms with E-state index in [1.54, 1.807) is 30.3 Å². The number of benzene rings is 3. The molecule has 1 N–H and O–H groups in total. The quantitative estimate of drug-likeness (QED) is 0.344. The number of hydrogen-bond acceptors (Lipinski definition) is 7. The molecule has 0 bridgehead atoms. The molecule has 2 heterocycles. The van der Waals surface area contributed by atoms with Gasteiger partial charge >= 0.3 is 5.97 Å². The van der Waals surface area contributed by atoms with Gasteiger partial charge in [-0.25, -0.2) is 13.2 Å². The topological polar surface area (TPSA) is 115 Å². The Morgan fingerprint density at radius 2 is 1.66 bits per heavy atom. The van der Waals surface area contributed by atoms with E-state index in [0.29, 0.717) is 42.0 Å². The summed E-state index contributed by atoms with van der Waals surface area (Å²) in [6.07, 6.45) is 0.407. The van der Waals surface area contributed by atoms with Crippen molar-refractivity contribution in [2.24, 2.45) is 0 Å². The summed E-state index contributed by atoms with van der Waals surface area (Å²) in [6.45, 7) is 0.715. The van der Waals surface area contributed by atoms with Crippen molar-refractivity contribution in [1.82, 2.24) is 9.29 Å². The van der Waals surface area contributed by atoms with Crippen molar-refractivity contribution in [1.29, 1.82) is 0 Å². The van der Waals surface area contributed by atoms with E-state index in [9.17, 15) is 18.0 Å².